The van der Waals surface area contributed by atoms with Crippen molar-refractivity contribution in [3.8, 4) is 0 Å². The molecule has 1 aliphatic heterocycles. The van der Waals surface area contributed by atoms with Crippen LogP contribution in [0.5, 0.6) is 0 Å². The first kappa shape index (κ1) is 14.1. The highest BCUT2D eigenvalue weighted by molar-refractivity contribution is 9.10. The van der Waals surface area contributed by atoms with Crippen molar-refractivity contribution in [3.63, 3.8) is 0 Å². The number of rotatable bonds is 2. The largest absolute Gasteiger partial charge is 0.372 e. The van der Waals surface area contributed by atoms with E-state index in [0.717, 1.165) is 29.2 Å². The molecule has 0 unspecified atom stereocenters. The first-order chi connectivity index (χ1) is 9.74. The summed E-state index contributed by atoms with van der Waals surface area (Å²) in [5.41, 5.74) is 0.639. The maximum atomic E-state index is 4.47. The van der Waals surface area contributed by atoms with Crippen molar-refractivity contribution in [2.45, 2.75) is 44.9 Å². The van der Waals surface area contributed by atoms with Gasteiger partial charge in [0.1, 0.15) is 22.4 Å². The standard InChI is InChI=1S/C15H23BrN4/c1-17-13-12(16)14(19-11-18-13)20-9-7-15(8-10-20)5-3-2-4-6-15/h11H,2-10H2,1H3,(H,17,18,19). The van der Waals surface area contributed by atoms with Gasteiger partial charge in [-0.3, -0.25) is 0 Å². The monoisotopic (exact) mass is 338 g/mol. The van der Waals surface area contributed by atoms with Gasteiger partial charge in [-0.05, 0) is 47.0 Å². The lowest BCUT2D eigenvalue weighted by atomic mass is 9.68. The van der Waals surface area contributed by atoms with Gasteiger partial charge in [-0.2, -0.15) is 0 Å². The van der Waals surface area contributed by atoms with E-state index in [0.29, 0.717) is 5.41 Å². The molecule has 4 nitrogen and oxygen atoms in total. The summed E-state index contributed by atoms with van der Waals surface area (Å²) in [6.45, 7) is 2.25. The summed E-state index contributed by atoms with van der Waals surface area (Å²) in [5.74, 6) is 1.91. The highest BCUT2D eigenvalue weighted by Gasteiger charge is 2.36. The highest BCUT2D eigenvalue weighted by Crippen LogP contribution is 2.45. The fourth-order valence-corrected chi connectivity index (χ4v) is 4.40. The third kappa shape index (κ3) is 2.65. The number of nitrogens with zero attached hydrogens (tertiary/aromatic N) is 3. The lowest BCUT2D eigenvalue weighted by Gasteiger charge is -2.44. The molecule has 1 saturated carbocycles. The molecule has 0 atom stereocenters. The Morgan fingerprint density at radius 1 is 1.10 bits per heavy atom. The van der Waals surface area contributed by atoms with Gasteiger partial charge >= 0.3 is 0 Å². The predicted octanol–water partition coefficient (Wildman–Crippen LogP) is 3.83. The van der Waals surface area contributed by atoms with Gasteiger partial charge < -0.3 is 10.2 Å². The minimum Gasteiger partial charge on any atom is -0.372 e. The van der Waals surface area contributed by atoms with E-state index in [1.165, 1.54) is 44.9 Å². The smallest absolute Gasteiger partial charge is 0.148 e. The van der Waals surface area contributed by atoms with E-state index >= 15 is 0 Å². The van der Waals surface area contributed by atoms with Gasteiger partial charge in [0, 0.05) is 20.1 Å². The Bertz CT molecular complexity index is 461. The molecule has 1 aliphatic carbocycles. The molecule has 2 aliphatic rings. The fraction of sp³-hybridized carbons (Fsp3) is 0.733. The molecule has 0 radical (unpaired) electrons. The van der Waals surface area contributed by atoms with Gasteiger partial charge in [0.15, 0.2) is 0 Å². The molecule has 3 rings (SSSR count). The van der Waals surface area contributed by atoms with Gasteiger partial charge in [-0.25, -0.2) is 9.97 Å². The quantitative estimate of drug-likeness (QED) is 0.889. The molecule has 0 aromatic carbocycles. The molecule has 20 heavy (non-hydrogen) atoms. The average molecular weight is 339 g/mol. The molecule has 1 aromatic heterocycles. The molecule has 5 heteroatoms. The topological polar surface area (TPSA) is 41.1 Å². The SMILES string of the molecule is CNc1ncnc(N2CCC3(CCCCC3)CC2)c1Br. The Morgan fingerprint density at radius 2 is 1.80 bits per heavy atom. The zero-order valence-corrected chi connectivity index (χ0v) is 13.7. The second-order valence-electron chi connectivity index (χ2n) is 6.16. The third-order valence-electron chi connectivity index (χ3n) is 5.05. The molecule has 2 fully saturated rings. The first-order valence-corrected chi connectivity index (χ1v) is 8.47. The van der Waals surface area contributed by atoms with Crippen molar-refractivity contribution >= 4 is 27.6 Å². The Morgan fingerprint density at radius 3 is 2.45 bits per heavy atom. The van der Waals surface area contributed by atoms with Crippen LogP contribution in [0, 0.1) is 5.41 Å². The summed E-state index contributed by atoms with van der Waals surface area (Å²) in [4.78, 5) is 11.1. The van der Waals surface area contributed by atoms with Crippen LogP contribution in [-0.2, 0) is 0 Å². The van der Waals surface area contributed by atoms with Crippen LogP contribution in [-0.4, -0.2) is 30.1 Å². The Hall–Kier alpha value is -0.840. The Labute approximate surface area is 129 Å². The van der Waals surface area contributed by atoms with Crippen molar-refractivity contribution in [1.29, 1.82) is 0 Å². The van der Waals surface area contributed by atoms with Gasteiger partial charge in [-0.1, -0.05) is 19.3 Å². The molecular weight excluding hydrogens is 316 g/mol. The summed E-state index contributed by atoms with van der Waals surface area (Å²) >= 11 is 3.64. The van der Waals surface area contributed by atoms with E-state index in [2.05, 4.69) is 36.1 Å². The Kier molecular flexibility index (Phi) is 4.15. The average Bonchev–Trinajstić information content (AvgIpc) is 2.50. The third-order valence-corrected chi connectivity index (χ3v) is 5.78. The maximum Gasteiger partial charge on any atom is 0.148 e. The summed E-state index contributed by atoms with van der Waals surface area (Å²) in [7, 11) is 1.89. The van der Waals surface area contributed by atoms with Crippen LogP contribution in [0.1, 0.15) is 44.9 Å². The van der Waals surface area contributed by atoms with E-state index in [-0.39, 0.29) is 0 Å². The van der Waals surface area contributed by atoms with E-state index in [1.807, 2.05) is 7.05 Å². The second kappa shape index (κ2) is 5.88. The van der Waals surface area contributed by atoms with Gasteiger partial charge in [-0.15, -0.1) is 0 Å². The minimum absolute atomic E-state index is 0.639. The van der Waals surface area contributed by atoms with Crippen LogP contribution in [0.25, 0.3) is 0 Å². The number of nitrogens with one attached hydrogen (secondary N) is 1. The van der Waals surface area contributed by atoms with Crippen LogP contribution in [0.4, 0.5) is 11.6 Å². The zero-order valence-electron chi connectivity index (χ0n) is 12.2. The molecular formula is C15H23BrN4. The highest BCUT2D eigenvalue weighted by atomic mass is 79.9. The molecule has 0 amide bonds. The predicted molar refractivity (Wildman–Crippen MR) is 86.2 cm³/mol. The van der Waals surface area contributed by atoms with Crippen LogP contribution in [0.2, 0.25) is 0 Å². The first-order valence-electron chi connectivity index (χ1n) is 7.67. The second-order valence-corrected chi connectivity index (χ2v) is 6.95. The molecule has 2 heterocycles. The van der Waals surface area contributed by atoms with E-state index in [4.69, 9.17) is 0 Å². The number of piperidine rings is 1. The molecule has 1 N–H and O–H groups in total. The summed E-state index contributed by atoms with van der Waals surface area (Å²) in [6.07, 6.45) is 11.5. The Balaban J connectivity index is 1.72. The summed E-state index contributed by atoms with van der Waals surface area (Å²) in [5, 5.41) is 3.11. The summed E-state index contributed by atoms with van der Waals surface area (Å²) in [6, 6.07) is 0. The van der Waals surface area contributed by atoms with Crippen molar-refractivity contribution in [2.24, 2.45) is 5.41 Å². The van der Waals surface area contributed by atoms with Gasteiger partial charge in [0.25, 0.3) is 0 Å². The molecule has 1 spiro atoms. The lowest BCUT2D eigenvalue weighted by Crippen LogP contribution is -2.41. The van der Waals surface area contributed by atoms with Crippen LogP contribution in [0.15, 0.2) is 10.8 Å². The van der Waals surface area contributed by atoms with Crippen molar-refractivity contribution in [2.75, 3.05) is 30.4 Å². The number of anilines is 2. The van der Waals surface area contributed by atoms with Crippen LogP contribution >= 0.6 is 15.9 Å². The van der Waals surface area contributed by atoms with Crippen LogP contribution < -0.4 is 10.2 Å². The van der Waals surface area contributed by atoms with Crippen molar-refractivity contribution < 1.29 is 0 Å². The van der Waals surface area contributed by atoms with Gasteiger partial charge in [0.05, 0.1) is 0 Å². The normalized spacial score (nSPS) is 22.0. The molecule has 0 bridgehead atoms. The van der Waals surface area contributed by atoms with E-state index < -0.39 is 0 Å². The van der Waals surface area contributed by atoms with E-state index in [1.54, 1.807) is 6.33 Å². The van der Waals surface area contributed by atoms with Crippen LogP contribution in [0.3, 0.4) is 0 Å². The van der Waals surface area contributed by atoms with Gasteiger partial charge in [0.2, 0.25) is 0 Å². The maximum absolute atomic E-state index is 4.47. The number of hydrogen-bond acceptors (Lipinski definition) is 4. The van der Waals surface area contributed by atoms with Crippen molar-refractivity contribution in [1.82, 2.24) is 9.97 Å². The molecule has 1 saturated heterocycles. The number of aromatic nitrogens is 2. The van der Waals surface area contributed by atoms with Crippen molar-refractivity contribution in [3.05, 3.63) is 10.8 Å². The zero-order chi connectivity index (χ0) is 14.0. The molecule has 1 aromatic rings. The lowest BCUT2D eigenvalue weighted by molar-refractivity contribution is 0.144. The summed E-state index contributed by atoms with van der Waals surface area (Å²) < 4.78 is 0.988. The molecule has 110 valence electrons. The number of hydrogen-bond donors (Lipinski definition) is 1. The fourth-order valence-electron chi connectivity index (χ4n) is 3.75. The van der Waals surface area contributed by atoms with E-state index in [9.17, 15) is 0 Å². The number of halogens is 1. The minimum atomic E-state index is 0.639.